The second kappa shape index (κ2) is 3.79. The van der Waals surface area contributed by atoms with E-state index in [9.17, 15) is 0 Å². The van der Waals surface area contributed by atoms with Gasteiger partial charge in [0.05, 0.1) is 0 Å². The van der Waals surface area contributed by atoms with Gasteiger partial charge in [0.1, 0.15) is 0 Å². The van der Waals surface area contributed by atoms with E-state index in [0.29, 0.717) is 0 Å². The molecule has 2 aliphatic carbocycles. The third kappa shape index (κ3) is 1.55. The van der Waals surface area contributed by atoms with Crippen molar-refractivity contribution in [2.24, 2.45) is 0 Å². The van der Waals surface area contributed by atoms with E-state index in [0.717, 1.165) is 6.42 Å². The Balaban J connectivity index is 2.00. The highest BCUT2D eigenvalue weighted by atomic mass is 14.2. The fourth-order valence-electron chi connectivity index (χ4n) is 2.57. The van der Waals surface area contributed by atoms with Crippen LogP contribution in [0.3, 0.4) is 0 Å². The number of rotatable bonds is 1. The number of allylic oxidation sites excluding steroid dienone is 6. The van der Waals surface area contributed by atoms with Gasteiger partial charge in [-0.1, -0.05) is 48.1 Å². The average Bonchev–Trinajstić information content (AvgIpc) is 2.74. The van der Waals surface area contributed by atoms with E-state index in [1.54, 1.807) is 5.57 Å². The van der Waals surface area contributed by atoms with Gasteiger partial charge in [0, 0.05) is 0 Å². The third-order valence-electron chi connectivity index (χ3n) is 3.48. The Labute approximate surface area is 97.0 Å². The molecule has 1 aromatic carbocycles. The van der Waals surface area contributed by atoms with Crippen molar-refractivity contribution in [1.29, 1.82) is 0 Å². The molecule has 2 aliphatic rings. The molecule has 0 fully saturated rings. The quantitative estimate of drug-likeness (QED) is 0.640. The second-order valence-electron chi connectivity index (χ2n) is 4.63. The Morgan fingerprint density at radius 3 is 2.69 bits per heavy atom. The van der Waals surface area contributed by atoms with Crippen molar-refractivity contribution in [3.63, 3.8) is 0 Å². The molecule has 0 amide bonds. The first-order valence-electron chi connectivity index (χ1n) is 6.01. The predicted molar refractivity (Wildman–Crippen MR) is 69.2 cm³/mol. The van der Waals surface area contributed by atoms with Crippen LogP contribution in [0, 0.1) is 6.92 Å². The summed E-state index contributed by atoms with van der Waals surface area (Å²) in [6, 6.07) is 8.89. The molecule has 3 rings (SSSR count). The number of benzene rings is 1. The van der Waals surface area contributed by atoms with Crippen LogP contribution in [0.4, 0.5) is 0 Å². The third-order valence-corrected chi connectivity index (χ3v) is 3.48. The summed E-state index contributed by atoms with van der Waals surface area (Å²) in [5.74, 6) is 0. The molecule has 0 atom stereocenters. The average molecular weight is 208 g/mol. The van der Waals surface area contributed by atoms with Gasteiger partial charge in [-0.15, -0.1) is 0 Å². The Hall–Kier alpha value is -1.56. The van der Waals surface area contributed by atoms with Crippen LogP contribution >= 0.6 is 0 Å². The van der Waals surface area contributed by atoms with E-state index in [2.05, 4.69) is 49.4 Å². The standard InChI is InChI=1S/C16H16/c1-12-6-8-14(9-7-12)16-11-10-13-4-2-3-5-15(13)16/h2,4,6-9,11H,3,5,10H2,1H3. The van der Waals surface area contributed by atoms with Gasteiger partial charge in [0.15, 0.2) is 0 Å². The molecule has 0 N–H and O–H groups in total. The number of hydrogen-bond donors (Lipinski definition) is 0. The molecule has 0 spiro atoms. The molecule has 0 nitrogen and oxygen atoms in total. The Morgan fingerprint density at radius 2 is 1.88 bits per heavy atom. The summed E-state index contributed by atoms with van der Waals surface area (Å²) in [5.41, 5.74) is 7.29. The SMILES string of the molecule is Cc1ccc(C2=CCC3=C2CCC=C3)cc1. The molecule has 0 saturated heterocycles. The zero-order chi connectivity index (χ0) is 11.0. The van der Waals surface area contributed by atoms with Crippen molar-refractivity contribution >= 4 is 5.57 Å². The number of aryl methyl sites for hydroxylation is 1. The van der Waals surface area contributed by atoms with Crippen LogP contribution in [0.25, 0.3) is 5.57 Å². The molecule has 16 heavy (non-hydrogen) atoms. The maximum Gasteiger partial charge on any atom is -0.00853 e. The highest BCUT2D eigenvalue weighted by Crippen LogP contribution is 2.39. The molecule has 1 aromatic rings. The highest BCUT2D eigenvalue weighted by Gasteiger charge is 2.18. The summed E-state index contributed by atoms with van der Waals surface area (Å²) >= 11 is 0. The van der Waals surface area contributed by atoms with Crippen molar-refractivity contribution in [1.82, 2.24) is 0 Å². The topological polar surface area (TPSA) is 0 Å². The van der Waals surface area contributed by atoms with Crippen LogP contribution in [0.2, 0.25) is 0 Å². The van der Waals surface area contributed by atoms with Crippen molar-refractivity contribution in [3.8, 4) is 0 Å². The Kier molecular flexibility index (Phi) is 2.28. The summed E-state index contributed by atoms with van der Waals surface area (Å²) in [7, 11) is 0. The molecule has 0 radical (unpaired) electrons. The lowest BCUT2D eigenvalue weighted by atomic mass is 9.92. The fraction of sp³-hybridized carbons (Fsp3) is 0.250. The minimum absolute atomic E-state index is 1.12. The minimum atomic E-state index is 1.12. The molecule has 0 heteroatoms. The fourth-order valence-corrected chi connectivity index (χ4v) is 2.57. The maximum atomic E-state index is 2.38. The molecule has 80 valence electrons. The molecule has 0 heterocycles. The largest absolute Gasteiger partial charge is 0.0839 e. The van der Waals surface area contributed by atoms with E-state index in [4.69, 9.17) is 0 Å². The Morgan fingerprint density at radius 1 is 1.06 bits per heavy atom. The van der Waals surface area contributed by atoms with E-state index >= 15 is 0 Å². The van der Waals surface area contributed by atoms with Gasteiger partial charge < -0.3 is 0 Å². The van der Waals surface area contributed by atoms with Crippen molar-refractivity contribution < 1.29 is 0 Å². The predicted octanol–water partition coefficient (Wildman–Crippen LogP) is 4.43. The van der Waals surface area contributed by atoms with Crippen LogP contribution in [0.5, 0.6) is 0 Å². The van der Waals surface area contributed by atoms with Crippen LogP contribution in [0.15, 0.2) is 53.6 Å². The summed E-state index contributed by atoms with van der Waals surface area (Å²) in [4.78, 5) is 0. The van der Waals surface area contributed by atoms with Crippen molar-refractivity contribution in [2.75, 3.05) is 0 Å². The lowest BCUT2D eigenvalue weighted by molar-refractivity contribution is 0.976. The second-order valence-corrected chi connectivity index (χ2v) is 4.63. The molecular weight excluding hydrogens is 192 g/mol. The number of hydrogen-bond acceptors (Lipinski definition) is 0. The van der Waals surface area contributed by atoms with Gasteiger partial charge in [-0.3, -0.25) is 0 Å². The van der Waals surface area contributed by atoms with Gasteiger partial charge in [0.25, 0.3) is 0 Å². The summed E-state index contributed by atoms with van der Waals surface area (Å²) < 4.78 is 0. The van der Waals surface area contributed by atoms with Crippen molar-refractivity contribution in [2.45, 2.75) is 26.2 Å². The molecule has 0 aromatic heterocycles. The molecule has 0 aliphatic heterocycles. The van der Waals surface area contributed by atoms with E-state index in [-0.39, 0.29) is 0 Å². The van der Waals surface area contributed by atoms with E-state index < -0.39 is 0 Å². The van der Waals surface area contributed by atoms with Gasteiger partial charge in [-0.05, 0) is 48.5 Å². The zero-order valence-electron chi connectivity index (χ0n) is 9.66. The highest BCUT2D eigenvalue weighted by molar-refractivity contribution is 5.84. The first kappa shape index (κ1) is 9.65. The lowest BCUT2D eigenvalue weighted by Crippen LogP contribution is -1.92. The van der Waals surface area contributed by atoms with E-state index in [1.807, 2.05) is 0 Å². The first-order chi connectivity index (χ1) is 7.84. The van der Waals surface area contributed by atoms with Gasteiger partial charge in [0.2, 0.25) is 0 Å². The van der Waals surface area contributed by atoms with Crippen LogP contribution in [-0.2, 0) is 0 Å². The van der Waals surface area contributed by atoms with E-state index in [1.165, 1.54) is 35.1 Å². The summed E-state index contributed by atoms with van der Waals surface area (Å²) in [6.45, 7) is 2.14. The maximum absolute atomic E-state index is 2.38. The molecule has 0 bridgehead atoms. The van der Waals surface area contributed by atoms with Crippen LogP contribution in [-0.4, -0.2) is 0 Å². The monoisotopic (exact) mass is 208 g/mol. The van der Waals surface area contributed by atoms with Crippen LogP contribution in [0.1, 0.15) is 30.4 Å². The smallest absolute Gasteiger partial charge is 0.00853 e. The van der Waals surface area contributed by atoms with Crippen LogP contribution < -0.4 is 0 Å². The van der Waals surface area contributed by atoms with Crippen molar-refractivity contribution in [3.05, 3.63) is 64.8 Å². The molecule has 0 unspecified atom stereocenters. The van der Waals surface area contributed by atoms with Gasteiger partial charge >= 0.3 is 0 Å². The zero-order valence-corrected chi connectivity index (χ0v) is 9.66. The first-order valence-corrected chi connectivity index (χ1v) is 6.01. The summed E-state index contributed by atoms with van der Waals surface area (Å²) in [5, 5.41) is 0. The normalized spacial score (nSPS) is 18.7. The minimum Gasteiger partial charge on any atom is -0.0839 e. The van der Waals surface area contributed by atoms with Gasteiger partial charge in [-0.25, -0.2) is 0 Å². The Bertz CT molecular complexity index is 495. The van der Waals surface area contributed by atoms with Gasteiger partial charge in [-0.2, -0.15) is 0 Å². The summed E-state index contributed by atoms with van der Waals surface area (Å²) in [6.07, 6.45) is 10.5. The lowest BCUT2D eigenvalue weighted by Gasteiger charge is -2.13. The molecule has 0 saturated carbocycles. The molecular formula is C16H16.